The molecule has 2 aliphatic heterocycles. The van der Waals surface area contributed by atoms with Gasteiger partial charge in [-0.2, -0.15) is 0 Å². The maximum absolute atomic E-state index is 13.2. The normalized spacial score (nSPS) is 26.0. The molecule has 2 saturated heterocycles. The standard InChI is InChI=1S/C23H33NO5/c1-22(2,3)29-21(26)24-17-11-12-18(24)14-19(13-17)28-20(25)23(4,15-27-5)16-9-7-6-8-10-16/h6-10,17-19H,11-15H2,1-5H3. The van der Waals surface area contributed by atoms with Crippen LogP contribution < -0.4 is 0 Å². The number of ether oxygens (including phenoxy) is 3. The summed E-state index contributed by atoms with van der Waals surface area (Å²) in [6.07, 6.45) is 2.69. The van der Waals surface area contributed by atoms with E-state index < -0.39 is 11.0 Å². The summed E-state index contributed by atoms with van der Waals surface area (Å²) in [7, 11) is 1.59. The Labute approximate surface area is 173 Å². The van der Waals surface area contributed by atoms with Crippen LogP contribution in [0.5, 0.6) is 0 Å². The van der Waals surface area contributed by atoms with Crippen LogP contribution >= 0.6 is 0 Å². The molecule has 3 rings (SSSR count). The van der Waals surface area contributed by atoms with Crippen LogP contribution in [0.4, 0.5) is 4.79 Å². The average molecular weight is 404 g/mol. The highest BCUT2D eigenvalue weighted by Gasteiger charge is 2.47. The molecule has 160 valence electrons. The van der Waals surface area contributed by atoms with Gasteiger partial charge in [-0.05, 0) is 46.1 Å². The van der Waals surface area contributed by atoms with E-state index in [9.17, 15) is 9.59 Å². The van der Waals surface area contributed by atoms with Gasteiger partial charge in [-0.1, -0.05) is 30.3 Å². The summed E-state index contributed by atoms with van der Waals surface area (Å²) in [5.41, 5.74) is -0.504. The fourth-order valence-electron chi connectivity index (χ4n) is 4.47. The van der Waals surface area contributed by atoms with Crippen molar-refractivity contribution in [3.63, 3.8) is 0 Å². The number of carbonyl (C=O) groups excluding carboxylic acids is 2. The van der Waals surface area contributed by atoms with Crippen molar-refractivity contribution in [2.45, 2.75) is 82.6 Å². The van der Waals surface area contributed by atoms with Gasteiger partial charge in [0.15, 0.2) is 0 Å². The Kier molecular flexibility index (Phi) is 6.22. The Morgan fingerprint density at radius 1 is 1.03 bits per heavy atom. The number of carbonyl (C=O) groups is 2. The molecular weight excluding hydrogens is 370 g/mol. The second kappa shape index (κ2) is 8.34. The van der Waals surface area contributed by atoms with Gasteiger partial charge in [0.05, 0.1) is 6.61 Å². The monoisotopic (exact) mass is 403 g/mol. The molecule has 1 aromatic carbocycles. The first-order valence-corrected chi connectivity index (χ1v) is 10.4. The number of methoxy groups -OCH3 is 1. The lowest BCUT2D eigenvalue weighted by Crippen LogP contribution is -2.51. The van der Waals surface area contributed by atoms with E-state index in [0.717, 1.165) is 18.4 Å². The zero-order valence-corrected chi connectivity index (χ0v) is 18.1. The van der Waals surface area contributed by atoms with Gasteiger partial charge in [-0.3, -0.25) is 4.79 Å². The number of hydrogen-bond acceptors (Lipinski definition) is 5. The van der Waals surface area contributed by atoms with Crippen LogP contribution in [0.1, 0.15) is 58.9 Å². The third-order valence-electron chi connectivity index (χ3n) is 5.86. The summed E-state index contributed by atoms with van der Waals surface area (Å²) >= 11 is 0. The van der Waals surface area contributed by atoms with E-state index in [4.69, 9.17) is 14.2 Å². The molecule has 0 aliphatic carbocycles. The van der Waals surface area contributed by atoms with E-state index >= 15 is 0 Å². The predicted octanol–water partition coefficient (Wildman–Crippen LogP) is 4.06. The largest absolute Gasteiger partial charge is 0.461 e. The number of esters is 1. The molecule has 0 N–H and O–H groups in total. The van der Waals surface area contributed by atoms with E-state index in [1.54, 1.807) is 7.11 Å². The molecule has 2 fully saturated rings. The van der Waals surface area contributed by atoms with Crippen LogP contribution in [0, 0.1) is 0 Å². The SMILES string of the molecule is COCC(C)(C(=O)OC1CC2CCC(C1)N2C(=O)OC(C)(C)C)c1ccccc1. The smallest absolute Gasteiger partial charge is 0.410 e. The minimum absolute atomic E-state index is 0.0619. The number of benzene rings is 1. The minimum atomic E-state index is -0.864. The zero-order valence-electron chi connectivity index (χ0n) is 18.1. The van der Waals surface area contributed by atoms with E-state index in [0.29, 0.717) is 12.8 Å². The molecule has 3 unspecified atom stereocenters. The molecule has 29 heavy (non-hydrogen) atoms. The third kappa shape index (κ3) is 4.74. The van der Waals surface area contributed by atoms with Gasteiger partial charge < -0.3 is 19.1 Å². The number of fused-ring (bicyclic) bond motifs is 2. The predicted molar refractivity (Wildman–Crippen MR) is 110 cm³/mol. The molecule has 2 heterocycles. The van der Waals surface area contributed by atoms with Gasteiger partial charge >= 0.3 is 12.1 Å². The van der Waals surface area contributed by atoms with Gasteiger partial charge in [0.2, 0.25) is 0 Å². The fraction of sp³-hybridized carbons (Fsp3) is 0.652. The molecule has 2 aliphatic rings. The fourth-order valence-corrected chi connectivity index (χ4v) is 4.47. The van der Waals surface area contributed by atoms with Crippen molar-refractivity contribution in [2.75, 3.05) is 13.7 Å². The van der Waals surface area contributed by atoms with E-state index in [-0.39, 0.29) is 36.9 Å². The highest BCUT2D eigenvalue weighted by molar-refractivity contribution is 5.83. The first-order valence-electron chi connectivity index (χ1n) is 10.4. The van der Waals surface area contributed by atoms with Gasteiger partial charge in [0, 0.05) is 32.0 Å². The summed E-state index contributed by atoms with van der Waals surface area (Å²) in [6.45, 7) is 7.74. The summed E-state index contributed by atoms with van der Waals surface area (Å²) in [4.78, 5) is 27.6. The van der Waals surface area contributed by atoms with E-state index in [1.807, 2.05) is 62.9 Å². The van der Waals surface area contributed by atoms with Crippen LogP contribution in [-0.4, -0.2) is 54.5 Å². The Balaban J connectivity index is 1.68. The Bertz CT molecular complexity index is 715. The lowest BCUT2D eigenvalue weighted by Gasteiger charge is -2.40. The molecule has 6 nitrogen and oxygen atoms in total. The third-order valence-corrected chi connectivity index (χ3v) is 5.86. The maximum Gasteiger partial charge on any atom is 0.410 e. The van der Waals surface area contributed by atoms with Crippen LogP contribution in [0.25, 0.3) is 0 Å². The van der Waals surface area contributed by atoms with Crippen LogP contribution in [0.2, 0.25) is 0 Å². The Hall–Kier alpha value is -2.08. The second-order valence-corrected chi connectivity index (χ2v) is 9.40. The van der Waals surface area contributed by atoms with Gasteiger partial charge in [-0.15, -0.1) is 0 Å². The van der Waals surface area contributed by atoms with Gasteiger partial charge in [-0.25, -0.2) is 4.79 Å². The number of rotatable bonds is 5. The Morgan fingerprint density at radius 3 is 2.14 bits per heavy atom. The van der Waals surface area contributed by atoms with Crippen molar-refractivity contribution in [3.05, 3.63) is 35.9 Å². The number of piperidine rings is 1. The lowest BCUT2D eigenvalue weighted by molar-refractivity contribution is -0.161. The molecule has 0 saturated carbocycles. The summed E-state index contributed by atoms with van der Waals surface area (Å²) in [6, 6.07) is 9.72. The van der Waals surface area contributed by atoms with Gasteiger partial charge in [0.25, 0.3) is 0 Å². The molecule has 3 atom stereocenters. The topological polar surface area (TPSA) is 65.1 Å². The number of nitrogens with zero attached hydrogens (tertiary/aromatic N) is 1. The minimum Gasteiger partial charge on any atom is -0.461 e. The average Bonchev–Trinajstić information content (AvgIpc) is 2.92. The molecule has 1 amide bonds. The maximum atomic E-state index is 13.2. The summed E-state index contributed by atoms with van der Waals surface area (Å²) in [5, 5.41) is 0. The summed E-state index contributed by atoms with van der Waals surface area (Å²) < 4.78 is 16.9. The zero-order chi connectivity index (χ0) is 21.2. The van der Waals surface area contributed by atoms with Crippen molar-refractivity contribution in [1.82, 2.24) is 4.90 Å². The highest BCUT2D eigenvalue weighted by atomic mass is 16.6. The summed E-state index contributed by atoms with van der Waals surface area (Å²) in [5.74, 6) is -0.277. The molecule has 0 aromatic heterocycles. The van der Waals surface area contributed by atoms with Crippen LogP contribution in [0.3, 0.4) is 0 Å². The van der Waals surface area contributed by atoms with Crippen molar-refractivity contribution in [1.29, 1.82) is 0 Å². The van der Waals surface area contributed by atoms with Crippen molar-refractivity contribution < 1.29 is 23.8 Å². The van der Waals surface area contributed by atoms with Crippen LogP contribution in [0.15, 0.2) is 30.3 Å². The van der Waals surface area contributed by atoms with Crippen molar-refractivity contribution in [2.24, 2.45) is 0 Å². The molecule has 1 aromatic rings. The second-order valence-electron chi connectivity index (χ2n) is 9.40. The van der Waals surface area contributed by atoms with Crippen molar-refractivity contribution in [3.8, 4) is 0 Å². The first kappa shape index (κ1) is 21.6. The van der Waals surface area contributed by atoms with Crippen molar-refractivity contribution >= 4 is 12.1 Å². The molecule has 2 bridgehead atoms. The Morgan fingerprint density at radius 2 is 1.62 bits per heavy atom. The van der Waals surface area contributed by atoms with Crippen LogP contribution in [-0.2, 0) is 24.4 Å². The lowest BCUT2D eigenvalue weighted by atomic mass is 9.83. The molecule has 0 spiro atoms. The number of hydrogen-bond donors (Lipinski definition) is 0. The number of amides is 1. The first-order chi connectivity index (χ1) is 13.6. The van der Waals surface area contributed by atoms with E-state index in [2.05, 4.69) is 0 Å². The van der Waals surface area contributed by atoms with E-state index in [1.165, 1.54) is 0 Å². The van der Waals surface area contributed by atoms with Gasteiger partial charge in [0.1, 0.15) is 17.1 Å². The molecule has 6 heteroatoms. The molecular formula is C23H33NO5. The quantitative estimate of drug-likeness (QED) is 0.694. The molecule has 0 radical (unpaired) electrons. The highest BCUT2D eigenvalue weighted by Crippen LogP contribution is 2.39.